The van der Waals surface area contributed by atoms with Crippen molar-refractivity contribution in [3.63, 3.8) is 0 Å². The monoisotopic (exact) mass is 891 g/mol. The van der Waals surface area contributed by atoms with Gasteiger partial charge >= 0.3 is 0 Å². The van der Waals surface area contributed by atoms with Crippen LogP contribution >= 0.6 is 46.1 Å². The molecular weight excluding hydrogens is 849 g/mol. The van der Waals surface area contributed by atoms with Crippen LogP contribution in [0.5, 0.6) is 0 Å². The molecule has 3 N–H and O–H groups in total. The van der Waals surface area contributed by atoms with Crippen LogP contribution in [0.3, 0.4) is 0 Å². The average molecular weight is 893 g/mol. The highest BCUT2D eigenvalue weighted by atomic mass is 35.5. The van der Waals surface area contributed by atoms with Gasteiger partial charge in [0.2, 0.25) is 11.8 Å². The second kappa shape index (κ2) is 20.1. The van der Waals surface area contributed by atoms with Gasteiger partial charge in [0.1, 0.15) is 29.0 Å². The van der Waals surface area contributed by atoms with Crippen LogP contribution < -0.4 is 21.1 Å². The van der Waals surface area contributed by atoms with Gasteiger partial charge in [-0.3, -0.25) is 29.6 Å². The first kappa shape index (κ1) is 43.1. The average Bonchev–Trinajstić information content (AvgIpc) is 3.92. The number of aromatic nitrogens is 5. The van der Waals surface area contributed by atoms with E-state index >= 15 is 0 Å². The number of carbonyl (C=O) groups is 2. The van der Waals surface area contributed by atoms with Gasteiger partial charge in [-0.1, -0.05) is 46.9 Å². The zero-order valence-electron chi connectivity index (χ0n) is 33.3. The molecule has 1 atom stereocenters. The standard InChI is InChI=1S/C41H44Cl3N11O4S/c1-24-25(2)60-41-38(24)39(27-4-6-28(42)7-5-27)49-33(40-52-51-26(3)55(40)41)22-37(57)46-14-17-59-19-18-58-16-13-45-36(56)11-8-29-20-35(48-23-47-29)50-34-12-15-54(53-34)30-9-10-31(43)32(44)21-30/h4-7,9-10,20-21,23,33H,8,11-19,22H2,1-3H3,(H,45,56)(H,46,57)(H,47,48,50,53)/t33-/m0/s1. The molecule has 60 heavy (non-hydrogen) atoms. The summed E-state index contributed by atoms with van der Waals surface area (Å²) in [6.07, 6.45) is 2.94. The number of thiophene rings is 1. The van der Waals surface area contributed by atoms with E-state index < -0.39 is 6.04 Å². The fraction of sp³-hybridized carbons (Fsp3) is 0.366. The van der Waals surface area contributed by atoms with Crippen molar-refractivity contribution in [3.05, 3.63) is 109 Å². The number of ether oxygens (including phenoxy) is 2. The first-order chi connectivity index (χ1) is 29.0. The minimum absolute atomic E-state index is 0.0896. The van der Waals surface area contributed by atoms with E-state index in [1.54, 1.807) is 29.5 Å². The third-order valence-corrected chi connectivity index (χ3v) is 12.0. The van der Waals surface area contributed by atoms with Gasteiger partial charge in [0.05, 0.1) is 54.3 Å². The second-order valence-corrected chi connectivity index (χ2v) is 16.5. The molecular formula is C41H44Cl3N11O4S. The summed E-state index contributed by atoms with van der Waals surface area (Å²) in [4.78, 5) is 45.2. The summed E-state index contributed by atoms with van der Waals surface area (Å²) in [5.41, 5.74) is 8.71. The number of anilines is 1. The van der Waals surface area contributed by atoms with Gasteiger partial charge in [-0.05, 0) is 63.1 Å². The van der Waals surface area contributed by atoms with E-state index in [1.807, 2.05) is 46.8 Å². The Bertz CT molecular complexity index is 2400. The van der Waals surface area contributed by atoms with Crippen LogP contribution in [0.15, 0.2) is 64.8 Å². The second-order valence-electron chi connectivity index (χ2n) is 14.1. The summed E-state index contributed by atoms with van der Waals surface area (Å²) in [5.74, 6) is 2.33. The van der Waals surface area contributed by atoms with Crippen molar-refractivity contribution in [1.82, 2.24) is 40.8 Å². The molecule has 0 saturated carbocycles. The summed E-state index contributed by atoms with van der Waals surface area (Å²) in [5, 5.41) is 19.2. The Morgan fingerprint density at radius 2 is 1.67 bits per heavy atom. The van der Waals surface area contributed by atoms with E-state index in [4.69, 9.17) is 49.3 Å². The molecule has 15 nitrogen and oxygen atoms in total. The summed E-state index contributed by atoms with van der Waals surface area (Å²) in [6, 6.07) is 14.2. The smallest absolute Gasteiger partial charge is 0.222 e. The topological polar surface area (TPSA) is 173 Å². The van der Waals surface area contributed by atoms with E-state index in [9.17, 15) is 9.59 Å². The lowest BCUT2D eigenvalue weighted by atomic mass is 9.99. The molecule has 2 aliphatic rings. The number of aliphatic imine (C=N–C) groups is 2. The van der Waals surface area contributed by atoms with E-state index in [-0.39, 0.29) is 24.7 Å². The van der Waals surface area contributed by atoms with Crippen molar-refractivity contribution in [2.45, 2.75) is 52.5 Å². The van der Waals surface area contributed by atoms with E-state index in [0.29, 0.717) is 91.3 Å². The summed E-state index contributed by atoms with van der Waals surface area (Å²) < 4.78 is 13.3. The zero-order chi connectivity index (χ0) is 42.2. The van der Waals surface area contributed by atoms with Crippen molar-refractivity contribution < 1.29 is 19.1 Å². The first-order valence-corrected chi connectivity index (χ1v) is 21.4. The molecule has 3 aromatic heterocycles. The highest BCUT2D eigenvalue weighted by molar-refractivity contribution is 7.15. The predicted octanol–water partition coefficient (Wildman–Crippen LogP) is 6.63. The van der Waals surface area contributed by atoms with Gasteiger partial charge in [0.15, 0.2) is 11.6 Å². The number of aryl methyl sites for hydroxylation is 3. The lowest BCUT2D eigenvalue weighted by Crippen LogP contribution is -2.33. The van der Waals surface area contributed by atoms with Crippen LogP contribution in [-0.4, -0.2) is 94.2 Å². The molecule has 5 heterocycles. The van der Waals surface area contributed by atoms with Gasteiger partial charge in [-0.2, -0.15) is 0 Å². The predicted molar refractivity (Wildman–Crippen MR) is 235 cm³/mol. The van der Waals surface area contributed by atoms with Gasteiger partial charge in [0.25, 0.3) is 0 Å². The molecule has 5 aromatic rings. The van der Waals surface area contributed by atoms with Crippen molar-refractivity contribution in [2.24, 2.45) is 9.98 Å². The normalized spacial score (nSPS) is 15.3. The maximum absolute atomic E-state index is 13.2. The van der Waals surface area contributed by atoms with Crippen LogP contribution in [0.2, 0.25) is 15.1 Å². The number of halogens is 3. The maximum Gasteiger partial charge on any atom is 0.222 e. The van der Waals surface area contributed by atoms with Crippen LogP contribution in [-0.2, 0) is 25.5 Å². The fourth-order valence-corrected chi connectivity index (χ4v) is 8.32. The van der Waals surface area contributed by atoms with Crippen molar-refractivity contribution in [2.75, 3.05) is 51.1 Å². The molecule has 0 aliphatic carbocycles. The molecule has 2 aliphatic heterocycles. The number of hydrogen-bond donors (Lipinski definition) is 3. The minimum atomic E-state index is -0.554. The van der Waals surface area contributed by atoms with Crippen LogP contribution in [0.25, 0.3) is 5.00 Å². The summed E-state index contributed by atoms with van der Waals surface area (Å²) >= 11 is 20.1. The Labute approximate surface area is 366 Å². The third-order valence-electron chi connectivity index (χ3n) is 9.86. The largest absolute Gasteiger partial charge is 0.377 e. The zero-order valence-corrected chi connectivity index (χ0v) is 36.4. The molecule has 314 valence electrons. The molecule has 1 fully saturated rings. The number of fused-ring (bicyclic) bond motifs is 3. The Morgan fingerprint density at radius 1 is 0.917 bits per heavy atom. The number of amidine groups is 1. The van der Waals surface area contributed by atoms with Crippen molar-refractivity contribution in [3.8, 4) is 5.00 Å². The Kier molecular flexibility index (Phi) is 14.4. The molecule has 0 radical (unpaired) electrons. The molecule has 0 bridgehead atoms. The van der Waals surface area contributed by atoms with Gasteiger partial charge in [0, 0.05) is 65.3 Å². The van der Waals surface area contributed by atoms with Crippen LogP contribution in [0.1, 0.15) is 64.2 Å². The molecule has 2 aromatic carbocycles. The lowest BCUT2D eigenvalue weighted by Gasteiger charge is -2.18. The molecule has 1 saturated heterocycles. The number of rotatable bonds is 17. The molecule has 7 rings (SSSR count). The molecule has 19 heteroatoms. The van der Waals surface area contributed by atoms with Gasteiger partial charge in [-0.15, -0.1) is 21.5 Å². The number of nitrogens with zero attached hydrogens (tertiary/aromatic N) is 8. The first-order valence-electron chi connectivity index (χ1n) is 19.5. The number of amides is 2. The van der Waals surface area contributed by atoms with Crippen LogP contribution in [0, 0.1) is 20.8 Å². The van der Waals surface area contributed by atoms with Crippen molar-refractivity contribution >= 4 is 81.0 Å². The van der Waals surface area contributed by atoms with E-state index in [0.717, 1.165) is 44.8 Å². The lowest BCUT2D eigenvalue weighted by molar-refractivity contribution is -0.122. The molecule has 0 spiro atoms. The minimum Gasteiger partial charge on any atom is -0.377 e. The Balaban J connectivity index is 0.783. The highest BCUT2D eigenvalue weighted by Crippen LogP contribution is 2.39. The van der Waals surface area contributed by atoms with Gasteiger partial charge < -0.3 is 20.1 Å². The molecule has 2 amide bonds. The highest BCUT2D eigenvalue weighted by Gasteiger charge is 2.32. The number of carbonyl (C=O) groups excluding carboxylic acids is 2. The number of nitrogens with one attached hydrogen (secondary N) is 3. The SMILES string of the molecule is Cc1sc2c(c1C)C(c1ccc(Cl)cc1)=N[C@@H](CC(=O)NCCOCCOCCNC(=O)CCc1cc(N=C3CCN(c4ccc(Cl)c(Cl)c4)N3)ncn1)c1nnc(C)n1-2. The number of benzene rings is 2. The fourth-order valence-electron chi connectivity index (χ4n) is 6.69. The Hall–Kier alpha value is -4.97. The Morgan fingerprint density at radius 3 is 2.42 bits per heavy atom. The van der Waals surface area contributed by atoms with Gasteiger partial charge in [-0.25, -0.2) is 15.0 Å². The summed E-state index contributed by atoms with van der Waals surface area (Å²) in [7, 11) is 0. The number of hydrazine groups is 1. The number of hydrogen-bond acceptors (Lipinski definition) is 12. The van der Waals surface area contributed by atoms with E-state index in [2.05, 4.69) is 55.1 Å². The van der Waals surface area contributed by atoms with E-state index in [1.165, 1.54) is 11.2 Å². The van der Waals surface area contributed by atoms with Crippen molar-refractivity contribution in [1.29, 1.82) is 0 Å². The molecule has 0 unspecified atom stereocenters. The maximum atomic E-state index is 13.2. The quantitative estimate of drug-likeness (QED) is 0.0861. The third kappa shape index (κ3) is 10.7. The van der Waals surface area contributed by atoms with Crippen LogP contribution in [0.4, 0.5) is 11.5 Å². The summed E-state index contributed by atoms with van der Waals surface area (Å²) in [6.45, 7) is 8.82.